The van der Waals surface area contributed by atoms with Crippen LogP contribution in [-0.2, 0) is 55.5 Å². The molecule has 0 saturated carbocycles. The normalized spacial score (nSPS) is 26.2. The van der Waals surface area contributed by atoms with Gasteiger partial charge < -0.3 is 47.1 Å². The van der Waals surface area contributed by atoms with Gasteiger partial charge in [0.1, 0.15) is 53.9 Å². The fourth-order valence-corrected chi connectivity index (χ4v) is 12.4. The summed E-state index contributed by atoms with van der Waals surface area (Å²) in [6.07, 6.45) is -9.58. The summed E-state index contributed by atoms with van der Waals surface area (Å²) in [4.78, 5) is 46.8. The molecule has 0 radical (unpaired) electrons. The first-order valence-electron chi connectivity index (χ1n) is 26.4. The predicted molar refractivity (Wildman–Crippen MR) is 295 cm³/mol. The van der Waals surface area contributed by atoms with Crippen molar-refractivity contribution in [3.05, 3.63) is 203 Å². The quantitative estimate of drug-likeness (QED) is 0.0457. The maximum Gasteiger partial charge on any atom is 0.338 e. The van der Waals surface area contributed by atoms with Crippen LogP contribution in [0, 0.1) is 6.92 Å². The van der Waals surface area contributed by atoms with E-state index in [9.17, 15) is 4.79 Å². The molecule has 4 aliphatic rings. The molecular weight excluding hydrogens is 1030 g/mol. The van der Waals surface area contributed by atoms with Gasteiger partial charge in [-0.15, -0.1) is 0 Å². The monoisotopic (exact) mass is 1090 g/mol. The van der Waals surface area contributed by atoms with Gasteiger partial charge in [-0.05, 0) is 84.7 Å². The van der Waals surface area contributed by atoms with Crippen molar-refractivity contribution in [1.82, 2.24) is 4.90 Å². The Labute approximate surface area is 461 Å². The van der Waals surface area contributed by atoms with E-state index in [1.807, 2.05) is 122 Å². The van der Waals surface area contributed by atoms with Gasteiger partial charge in [0.05, 0.1) is 50.2 Å². The molecule has 0 bridgehead atoms. The molecule has 6 aromatic rings. The Bertz CT molecular complexity index is 2950. The number of ether oxygens (including phenoxy) is 9. The van der Waals surface area contributed by atoms with E-state index in [0.29, 0.717) is 5.75 Å². The largest absolute Gasteiger partial charge is 0.497 e. The molecular formula is C62H67NO13SSi. The highest BCUT2D eigenvalue weighted by atomic mass is 32.2. The van der Waals surface area contributed by atoms with Crippen LogP contribution in [0.1, 0.15) is 80.4 Å². The molecule has 16 heteroatoms. The highest BCUT2D eigenvalue weighted by Crippen LogP contribution is 2.46. The van der Waals surface area contributed by atoms with Crippen LogP contribution in [0.15, 0.2) is 169 Å². The van der Waals surface area contributed by atoms with Gasteiger partial charge >= 0.3 is 5.97 Å². The highest BCUT2D eigenvalue weighted by molar-refractivity contribution is 7.99. The number of hydrogen-bond acceptors (Lipinski definition) is 14. The molecule has 3 saturated heterocycles. The van der Waals surface area contributed by atoms with E-state index in [-0.39, 0.29) is 48.2 Å². The molecule has 6 aromatic carbocycles. The van der Waals surface area contributed by atoms with E-state index in [4.69, 9.17) is 47.1 Å². The second kappa shape index (κ2) is 24.1. The molecule has 11 atom stereocenters. The summed E-state index contributed by atoms with van der Waals surface area (Å²) in [6, 6.07) is 49.0. The van der Waals surface area contributed by atoms with Crippen molar-refractivity contribution in [2.45, 2.75) is 131 Å². The number of benzene rings is 6. The van der Waals surface area contributed by atoms with Crippen LogP contribution in [0.2, 0.25) is 18.1 Å². The number of thioether (sulfide) groups is 1. The lowest BCUT2D eigenvalue weighted by Crippen LogP contribution is -2.70. The first-order valence-corrected chi connectivity index (χ1v) is 30.2. The van der Waals surface area contributed by atoms with Crippen molar-refractivity contribution in [3.8, 4) is 5.75 Å². The number of aryl methyl sites for hydroxylation is 1. The Morgan fingerprint density at radius 3 is 1.95 bits per heavy atom. The molecule has 4 heterocycles. The molecule has 0 spiro atoms. The summed E-state index contributed by atoms with van der Waals surface area (Å²) in [5, 5.41) is -0.286. The van der Waals surface area contributed by atoms with Crippen LogP contribution in [0.4, 0.5) is 0 Å². The van der Waals surface area contributed by atoms with Gasteiger partial charge in [-0.3, -0.25) is 14.5 Å². The Hall–Kier alpha value is -6.02. The topological polar surface area (TPSA) is 147 Å². The Morgan fingerprint density at radius 1 is 0.692 bits per heavy atom. The maximum absolute atomic E-state index is 15.0. The lowest BCUT2D eigenvalue weighted by molar-refractivity contribution is -0.360. The molecule has 11 unspecified atom stereocenters. The molecule has 0 N–H and O–H groups in total. The Kier molecular flexibility index (Phi) is 17.1. The molecule has 408 valence electrons. The van der Waals surface area contributed by atoms with Crippen molar-refractivity contribution in [2.75, 3.05) is 20.3 Å². The van der Waals surface area contributed by atoms with Crippen LogP contribution in [0.5, 0.6) is 5.75 Å². The molecule has 78 heavy (non-hydrogen) atoms. The zero-order valence-corrected chi connectivity index (χ0v) is 46.7. The van der Waals surface area contributed by atoms with Crippen molar-refractivity contribution in [3.63, 3.8) is 0 Å². The fraction of sp³-hybridized carbons (Fsp3) is 0.371. The minimum absolute atomic E-state index is 0.0102. The van der Waals surface area contributed by atoms with E-state index < -0.39 is 92.9 Å². The third-order valence-electron chi connectivity index (χ3n) is 15.1. The zero-order valence-electron chi connectivity index (χ0n) is 44.9. The van der Waals surface area contributed by atoms with Crippen LogP contribution in [0.25, 0.3) is 0 Å². The number of esters is 1. The van der Waals surface area contributed by atoms with Gasteiger partial charge in [-0.2, -0.15) is 0 Å². The van der Waals surface area contributed by atoms with E-state index in [0.717, 1.165) is 27.1 Å². The van der Waals surface area contributed by atoms with E-state index in [2.05, 4.69) is 33.9 Å². The van der Waals surface area contributed by atoms with Gasteiger partial charge in [0.25, 0.3) is 11.8 Å². The SMILES string of the molecule is COc1ccc(COCC2OC(OC3C4OC(c5ccccc5)OCC4OC(Sc4ccc(C)cc4)C3N3C(=O)c4ccccc4C3=O)C(OC(=O)c3ccccc3)C(OCc3ccccc3)C2O[Si](C)(C)C(C)(C)C)cc1. The van der Waals surface area contributed by atoms with Crippen molar-refractivity contribution >= 4 is 37.9 Å². The molecule has 3 fully saturated rings. The number of rotatable bonds is 18. The van der Waals surface area contributed by atoms with Crippen LogP contribution >= 0.6 is 11.8 Å². The summed E-state index contributed by atoms with van der Waals surface area (Å²) in [5.74, 6) is -0.992. The third kappa shape index (κ3) is 12.2. The second-order valence-corrected chi connectivity index (χ2v) is 27.4. The smallest absolute Gasteiger partial charge is 0.338 e. The molecule has 0 aromatic heterocycles. The number of nitrogens with zero attached hydrogens (tertiary/aromatic N) is 1. The number of hydrogen-bond donors (Lipinski definition) is 0. The number of amides is 2. The van der Waals surface area contributed by atoms with E-state index >= 15 is 9.59 Å². The first kappa shape index (κ1) is 55.3. The zero-order chi connectivity index (χ0) is 54.6. The summed E-state index contributed by atoms with van der Waals surface area (Å²) in [6.45, 7) is 13.1. The fourth-order valence-electron chi connectivity index (χ4n) is 9.89. The summed E-state index contributed by atoms with van der Waals surface area (Å²) >= 11 is 1.35. The summed E-state index contributed by atoms with van der Waals surface area (Å²) in [5.41, 5.74) is 3.38. The minimum Gasteiger partial charge on any atom is -0.497 e. The van der Waals surface area contributed by atoms with Crippen LogP contribution < -0.4 is 4.74 Å². The lowest BCUT2D eigenvalue weighted by Gasteiger charge is -2.53. The first-order chi connectivity index (χ1) is 37.7. The molecule has 2 amide bonds. The van der Waals surface area contributed by atoms with Gasteiger partial charge in [0.2, 0.25) is 0 Å². The number of carbonyl (C=O) groups is 3. The number of fused-ring (bicyclic) bond motifs is 2. The average Bonchev–Trinajstić information content (AvgIpc) is 3.95. The number of imide groups is 1. The third-order valence-corrected chi connectivity index (χ3v) is 20.8. The molecule has 10 rings (SSSR count). The average molecular weight is 1090 g/mol. The predicted octanol–water partition coefficient (Wildman–Crippen LogP) is 11.1. The molecule has 14 nitrogen and oxygen atoms in total. The van der Waals surface area contributed by atoms with Crippen LogP contribution in [-0.4, -0.2) is 112 Å². The number of carbonyl (C=O) groups excluding carboxylic acids is 3. The number of methoxy groups -OCH3 is 1. The lowest BCUT2D eigenvalue weighted by atomic mass is 9.94. The van der Waals surface area contributed by atoms with Crippen molar-refractivity contribution in [1.29, 1.82) is 0 Å². The van der Waals surface area contributed by atoms with Gasteiger partial charge in [-0.25, -0.2) is 4.79 Å². The standard InChI is InChI=1S/C62H67NO13SSi/c1-39-27-33-45(34-28-39)77-61-50(63-56(64)46-25-17-18-26-47(46)57(63)65)53(51-49(72-61)38-70-59(74-51)43-23-15-10-16-24-43)75-60-55(73-58(66)42-21-13-9-14-22-42)54(69-36-40-19-11-8-12-20-40)52(76-78(6,7)62(2,3)4)48(71-60)37-68-35-41-29-31-44(67-5)32-30-41/h8-34,48-55,59-61H,35-38H2,1-7H3. The Morgan fingerprint density at radius 2 is 1.31 bits per heavy atom. The second-order valence-electron chi connectivity index (χ2n) is 21.5. The van der Waals surface area contributed by atoms with Crippen molar-refractivity contribution < 1.29 is 61.4 Å². The summed E-state index contributed by atoms with van der Waals surface area (Å²) < 4.78 is 68.7. The summed E-state index contributed by atoms with van der Waals surface area (Å²) in [7, 11) is -1.11. The van der Waals surface area contributed by atoms with E-state index in [1.165, 1.54) is 16.7 Å². The van der Waals surface area contributed by atoms with Gasteiger partial charge in [-0.1, -0.05) is 153 Å². The Balaban J connectivity index is 1.12. The van der Waals surface area contributed by atoms with Gasteiger partial charge in [0, 0.05) is 10.5 Å². The minimum atomic E-state index is -2.73. The van der Waals surface area contributed by atoms with Crippen LogP contribution in [0.3, 0.4) is 0 Å². The molecule has 4 aliphatic heterocycles. The molecule has 0 aliphatic carbocycles. The maximum atomic E-state index is 15.0. The van der Waals surface area contributed by atoms with E-state index in [1.54, 1.807) is 55.6 Å². The highest BCUT2D eigenvalue weighted by Gasteiger charge is 2.60. The van der Waals surface area contributed by atoms with Crippen molar-refractivity contribution in [2.24, 2.45) is 0 Å². The van der Waals surface area contributed by atoms with Gasteiger partial charge in [0.15, 0.2) is 27.0 Å².